The average Bonchev–Trinajstić information content (AvgIpc) is 3.56. The standard InChI is InChI=1S/C22H21FN2O4/c23-15-5-9-17(10-6-15)28-13-14-29-21(26)12-11-20-24-19-4-2-1-3-18(19)22(27)25(20)16-7-8-16/h1-6,9-10,16H,7-8,11-14H2. The molecule has 3 aromatic rings. The lowest BCUT2D eigenvalue weighted by atomic mass is 10.2. The third kappa shape index (κ3) is 4.62. The molecule has 0 amide bonds. The van der Waals surface area contributed by atoms with E-state index in [1.807, 2.05) is 18.2 Å². The van der Waals surface area contributed by atoms with E-state index in [-0.39, 0.29) is 43.0 Å². The van der Waals surface area contributed by atoms with Crippen molar-refractivity contribution in [2.45, 2.75) is 31.7 Å². The summed E-state index contributed by atoms with van der Waals surface area (Å²) in [5.41, 5.74) is 0.597. The number of halogens is 1. The number of nitrogens with zero attached hydrogens (tertiary/aromatic N) is 2. The summed E-state index contributed by atoms with van der Waals surface area (Å²) in [5, 5.41) is 0.601. The van der Waals surface area contributed by atoms with E-state index in [0.29, 0.717) is 28.9 Å². The van der Waals surface area contributed by atoms with Crippen LogP contribution in [0.3, 0.4) is 0 Å². The highest BCUT2D eigenvalue weighted by molar-refractivity contribution is 5.77. The Hall–Kier alpha value is -3.22. The largest absolute Gasteiger partial charge is 0.490 e. The molecule has 0 spiro atoms. The topological polar surface area (TPSA) is 70.4 Å². The molecule has 1 heterocycles. The van der Waals surface area contributed by atoms with E-state index in [1.54, 1.807) is 10.6 Å². The van der Waals surface area contributed by atoms with E-state index in [9.17, 15) is 14.0 Å². The van der Waals surface area contributed by atoms with Crippen molar-refractivity contribution in [3.05, 3.63) is 70.5 Å². The van der Waals surface area contributed by atoms with Crippen LogP contribution in [-0.4, -0.2) is 28.7 Å². The Balaban J connectivity index is 1.33. The molecule has 1 saturated carbocycles. The molecule has 1 aromatic heterocycles. The van der Waals surface area contributed by atoms with Gasteiger partial charge < -0.3 is 9.47 Å². The molecule has 2 aromatic carbocycles. The molecule has 4 rings (SSSR count). The summed E-state index contributed by atoms with van der Waals surface area (Å²) in [6.45, 7) is 0.273. The van der Waals surface area contributed by atoms with Crippen LogP contribution in [0.2, 0.25) is 0 Å². The molecule has 0 unspecified atom stereocenters. The first-order valence-electron chi connectivity index (χ1n) is 9.66. The fraction of sp³-hybridized carbons (Fsp3) is 0.318. The van der Waals surface area contributed by atoms with Crippen LogP contribution < -0.4 is 10.3 Å². The summed E-state index contributed by atoms with van der Waals surface area (Å²) >= 11 is 0. The van der Waals surface area contributed by atoms with Crippen molar-refractivity contribution in [3.63, 3.8) is 0 Å². The molecule has 0 atom stereocenters. The van der Waals surface area contributed by atoms with Gasteiger partial charge in [-0.2, -0.15) is 0 Å². The number of para-hydroxylation sites is 1. The van der Waals surface area contributed by atoms with Crippen molar-refractivity contribution >= 4 is 16.9 Å². The Morgan fingerprint density at radius 3 is 2.62 bits per heavy atom. The number of carbonyl (C=O) groups excluding carboxylic acids is 1. The van der Waals surface area contributed by atoms with Crippen LogP contribution in [0, 0.1) is 5.82 Å². The minimum absolute atomic E-state index is 0.0471. The Labute approximate surface area is 166 Å². The molecule has 150 valence electrons. The van der Waals surface area contributed by atoms with Crippen LogP contribution in [0.5, 0.6) is 5.75 Å². The van der Waals surface area contributed by atoms with E-state index >= 15 is 0 Å². The van der Waals surface area contributed by atoms with E-state index < -0.39 is 0 Å². The van der Waals surface area contributed by atoms with Crippen LogP contribution in [0.4, 0.5) is 4.39 Å². The van der Waals surface area contributed by atoms with E-state index in [2.05, 4.69) is 4.98 Å². The molecule has 1 aliphatic rings. The van der Waals surface area contributed by atoms with Crippen molar-refractivity contribution in [2.24, 2.45) is 0 Å². The van der Waals surface area contributed by atoms with Crippen molar-refractivity contribution in [3.8, 4) is 5.75 Å². The molecular weight excluding hydrogens is 375 g/mol. The Morgan fingerprint density at radius 1 is 1.10 bits per heavy atom. The molecule has 6 nitrogen and oxygen atoms in total. The Kier molecular flexibility index (Phi) is 5.55. The van der Waals surface area contributed by atoms with E-state index in [1.165, 1.54) is 24.3 Å². The van der Waals surface area contributed by atoms with Crippen molar-refractivity contribution in [2.75, 3.05) is 13.2 Å². The maximum absolute atomic E-state index is 12.8. The molecule has 0 bridgehead atoms. The van der Waals surface area contributed by atoms with Crippen LogP contribution in [-0.2, 0) is 16.0 Å². The van der Waals surface area contributed by atoms with Gasteiger partial charge in [0.1, 0.15) is 30.6 Å². The minimum Gasteiger partial charge on any atom is -0.490 e. The Morgan fingerprint density at radius 2 is 1.86 bits per heavy atom. The first kappa shape index (κ1) is 19.1. The smallest absolute Gasteiger partial charge is 0.306 e. The molecule has 29 heavy (non-hydrogen) atoms. The van der Waals surface area contributed by atoms with Crippen LogP contribution in [0.15, 0.2) is 53.3 Å². The number of rotatable bonds is 8. The second kappa shape index (κ2) is 8.43. The number of hydrogen-bond acceptors (Lipinski definition) is 5. The van der Waals surface area contributed by atoms with Crippen molar-refractivity contribution in [1.82, 2.24) is 9.55 Å². The number of aromatic nitrogens is 2. The lowest BCUT2D eigenvalue weighted by Gasteiger charge is -2.13. The maximum atomic E-state index is 12.8. The van der Waals surface area contributed by atoms with E-state index in [0.717, 1.165) is 12.8 Å². The fourth-order valence-electron chi connectivity index (χ4n) is 3.21. The molecule has 0 N–H and O–H groups in total. The zero-order chi connectivity index (χ0) is 20.2. The second-order valence-corrected chi connectivity index (χ2v) is 6.97. The summed E-state index contributed by atoms with van der Waals surface area (Å²) in [7, 11) is 0. The highest BCUT2D eigenvalue weighted by Gasteiger charge is 2.28. The molecular formula is C22H21FN2O4. The predicted molar refractivity (Wildman–Crippen MR) is 105 cm³/mol. The molecule has 0 aliphatic heterocycles. The van der Waals surface area contributed by atoms with Gasteiger partial charge >= 0.3 is 5.97 Å². The number of benzene rings is 2. The van der Waals surface area contributed by atoms with Crippen molar-refractivity contribution < 1.29 is 18.7 Å². The van der Waals surface area contributed by atoms with Gasteiger partial charge in [0, 0.05) is 12.5 Å². The van der Waals surface area contributed by atoms with Crippen molar-refractivity contribution in [1.29, 1.82) is 0 Å². The quantitative estimate of drug-likeness (QED) is 0.431. The lowest BCUT2D eigenvalue weighted by Crippen LogP contribution is -2.25. The third-order valence-corrected chi connectivity index (χ3v) is 4.77. The predicted octanol–water partition coefficient (Wildman–Crippen LogP) is 3.43. The number of esters is 1. The molecule has 0 saturated heterocycles. The van der Waals surface area contributed by atoms with Crippen LogP contribution >= 0.6 is 0 Å². The Bertz CT molecular complexity index is 1070. The van der Waals surface area contributed by atoms with Gasteiger partial charge in [0.25, 0.3) is 5.56 Å². The number of carbonyl (C=O) groups is 1. The normalized spacial score (nSPS) is 13.4. The summed E-state index contributed by atoms with van der Waals surface area (Å²) < 4.78 is 25.2. The van der Waals surface area contributed by atoms with Crippen LogP contribution in [0.25, 0.3) is 10.9 Å². The maximum Gasteiger partial charge on any atom is 0.306 e. The number of fused-ring (bicyclic) bond motifs is 1. The van der Waals surface area contributed by atoms with Gasteiger partial charge in [-0.15, -0.1) is 0 Å². The number of aryl methyl sites for hydroxylation is 1. The van der Waals surface area contributed by atoms with Crippen LogP contribution in [0.1, 0.15) is 31.1 Å². The monoisotopic (exact) mass is 396 g/mol. The van der Waals surface area contributed by atoms with Gasteiger partial charge in [-0.1, -0.05) is 12.1 Å². The van der Waals surface area contributed by atoms with Gasteiger partial charge in [-0.25, -0.2) is 9.37 Å². The molecule has 1 aliphatic carbocycles. The molecule has 1 fully saturated rings. The number of hydrogen-bond donors (Lipinski definition) is 0. The highest BCUT2D eigenvalue weighted by Crippen LogP contribution is 2.34. The third-order valence-electron chi connectivity index (χ3n) is 4.77. The minimum atomic E-state index is -0.377. The van der Waals surface area contributed by atoms with E-state index in [4.69, 9.17) is 9.47 Å². The summed E-state index contributed by atoms with van der Waals surface area (Å²) in [6, 6.07) is 13.1. The molecule has 0 radical (unpaired) electrons. The average molecular weight is 396 g/mol. The SMILES string of the molecule is O=C(CCc1nc2ccccc2c(=O)n1C1CC1)OCCOc1ccc(F)cc1. The second-order valence-electron chi connectivity index (χ2n) is 6.97. The zero-order valence-corrected chi connectivity index (χ0v) is 15.8. The first-order valence-corrected chi connectivity index (χ1v) is 9.66. The summed E-state index contributed by atoms with van der Waals surface area (Å²) in [6.07, 6.45) is 2.39. The van der Waals surface area contributed by atoms with Gasteiger partial charge in [0.15, 0.2) is 0 Å². The summed E-state index contributed by atoms with van der Waals surface area (Å²) in [5.74, 6) is 0.417. The molecule has 7 heteroatoms. The van der Waals surface area contributed by atoms with Gasteiger partial charge in [-0.05, 0) is 49.2 Å². The first-order chi connectivity index (χ1) is 14.1. The van der Waals surface area contributed by atoms with Gasteiger partial charge in [0.05, 0.1) is 17.3 Å². The summed E-state index contributed by atoms with van der Waals surface area (Å²) in [4.78, 5) is 29.5. The zero-order valence-electron chi connectivity index (χ0n) is 15.8. The lowest BCUT2D eigenvalue weighted by molar-refractivity contribution is -0.144. The highest BCUT2D eigenvalue weighted by atomic mass is 19.1. The van der Waals surface area contributed by atoms with Gasteiger partial charge in [0.2, 0.25) is 0 Å². The number of ether oxygens (including phenoxy) is 2. The fourth-order valence-corrected chi connectivity index (χ4v) is 3.21. The van der Waals surface area contributed by atoms with Gasteiger partial charge in [-0.3, -0.25) is 14.2 Å².